The van der Waals surface area contributed by atoms with Gasteiger partial charge in [-0.25, -0.2) is 9.37 Å². The van der Waals surface area contributed by atoms with Crippen LogP contribution >= 0.6 is 34.7 Å². The van der Waals surface area contributed by atoms with Gasteiger partial charge in [0.1, 0.15) is 5.82 Å². The minimum Gasteiger partial charge on any atom is -0.333 e. The Hall–Kier alpha value is -3.01. The van der Waals surface area contributed by atoms with E-state index in [0.29, 0.717) is 39.2 Å². The fourth-order valence-corrected chi connectivity index (χ4v) is 4.68. The number of nitrogens with zero attached hydrogens (tertiary/aromatic N) is 4. The van der Waals surface area contributed by atoms with Gasteiger partial charge in [-0.3, -0.25) is 9.36 Å². The lowest BCUT2D eigenvalue weighted by atomic mass is 10.2. The molecule has 5 aromatic rings. The lowest BCUT2D eigenvalue weighted by Gasteiger charge is -2.13. The summed E-state index contributed by atoms with van der Waals surface area (Å²) in [6, 6.07) is 15.0. The van der Waals surface area contributed by atoms with Gasteiger partial charge < -0.3 is 4.52 Å². The van der Waals surface area contributed by atoms with E-state index in [2.05, 4.69) is 15.1 Å². The molecule has 154 valence electrons. The summed E-state index contributed by atoms with van der Waals surface area (Å²) in [7, 11) is 0. The molecule has 6 nitrogen and oxygen atoms in total. The maximum absolute atomic E-state index is 13.7. The maximum Gasteiger partial charge on any atom is 0.268 e. The molecule has 0 amide bonds. The number of halogens is 2. The Morgan fingerprint density at radius 3 is 2.81 bits per heavy atom. The summed E-state index contributed by atoms with van der Waals surface area (Å²) in [5, 5.41) is 6.73. The van der Waals surface area contributed by atoms with E-state index in [0.717, 1.165) is 4.88 Å². The van der Waals surface area contributed by atoms with E-state index >= 15 is 0 Å². The molecule has 0 aliphatic heterocycles. The van der Waals surface area contributed by atoms with Gasteiger partial charge in [0.2, 0.25) is 0 Å². The molecule has 0 spiro atoms. The van der Waals surface area contributed by atoms with Gasteiger partial charge in [-0.1, -0.05) is 46.7 Å². The molecule has 3 heterocycles. The quantitative estimate of drug-likeness (QED) is 0.246. The van der Waals surface area contributed by atoms with Crippen molar-refractivity contribution in [1.29, 1.82) is 0 Å². The van der Waals surface area contributed by atoms with Gasteiger partial charge in [0, 0.05) is 0 Å². The molecule has 0 atom stereocenters. The van der Waals surface area contributed by atoms with E-state index in [4.69, 9.17) is 16.1 Å². The highest BCUT2D eigenvalue weighted by molar-refractivity contribution is 7.98. The molecule has 0 unspecified atom stereocenters. The third-order valence-electron chi connectivity index (χ3n) is 4.44. The number of aromatic nitrogens is 4. The fourth-order valence-electron chi connectivity index (χ4n) is 3.00. The number of thioether (sulfide) groups is 1. The first-order valence-electron chi connectivity index (χ1n) is 9.06. The van der Waals surface area contributed by atoms with E-state index in [-0.39, 0.29) is 10.6 Å². The number of rotatable bonds is 5. The summed E-state index contributed by atoms with van der Waals surface area (Å²) >= 11 is 8.75. The molecule has 2 aromatic carbocycles. The van der Waals surface area contributed by atoms with Crippen molar-refractivity contribution in [3.8, 4) is 16.5 Å². The van der Waals surface area contributed by atoms with E-state index in [9.17, 15) is 9.18 Å². The minimum absolute atomic E-state index is 0.0766. The molecule has 0 saturated heterocycles. The monoisotopic (exact) mass is 470 g/mol. The van der Waals surface area contributed by atoms with Crippen LogP contribution in [-0.2, 0) is 5.75 Å². The summed E-state index contributed by atoms with van der Waals surface area (Å²) in [5.74, 6) is 0.683. The van der Waals surface area contributed by atoms with Crippen molar-refractivity contribution in [2.45, 2.75) is 10.9 Å². The first-order valence-corrected chi connectivity index (χ1v) is 11.3. The van der Waals surface area contributed by atoms with Crippen LogP contribution in [0.15, 0.2) is 74.5 Å². The van der Waals surface area contributed by atoms with Crippen LogP contribution in [0.2, 0.25) is 5.02 Å². The molecular weight excluding hydrogens is 459 g/mol. The third kappa shape index (κ3) is 3.87. The smallest absolute Gasteiger partial charge is 0.268 e. The Kier molecular flexibility index (Phi) is 5.31. The van der Waals surface area contributed by atoms with Gasteiger partial charge in [0.25, 0.3) is 11.4 Å². The number of hydrogen-bond acceptors (Lipinski definition) is 7. The van der Waals surface area contributed by atoms with Crippen molar-refractivity contribution >= 4 is 45.6 Å². The molecule has 0 aliphatic rings. The molecule has 0 radical (unpaired) electrons. The maximum atomic E-state index is 13.7. The highest BCUT2D eigenvalue weighted by Gasteiger charge is 2.16. The van der Waals surface area contributed by atoms with Crippen molar-refractivity contribution in [3.63, 3.8) is 0 Å². The Morgan fingerprint density at radius 1 is 1.13 bits per heavy atom. The second-order valence-corrected chi connectivity index (χ2v) is 8.73. The zero-order valence-electron chi connectivity index (χ0n) is 15.7. The normalized spacial score (nSPS) is 11.3. The SMILES string of the molecule is O=c1c2ccccc2nc(SCc2noc(-c3cccs3)n2)n1-c1ccc(F)c(Cl)c1. The van der Waals surface area contributed by atoms with Crippen molar-refractivity contribution in [2.75, 3.05) is 0 Å². The standard InChI is InChI=1S/C21H12ClFN4O2S2/c22-14-10-12(7-8-15(14)23)27-20(28)13-4-1-2-5-16(13)24-21(27)31-11-18-25-19(29-26-18)17-6-3-9-30-17/h1-10H,11H2. The minimum atomic E-state index is -0.561. The third-order valence-corrected chi connectivity index (χ3v) is 6.52. The number of fused-ring (bicyclic) bond motifs is 1. The molecule has 5 rings (SSSR count). The Labute approximate surface area is 188 Å². The predicted octanol–water partition coefficient (Wildman–Crippen LogP) is 5.58. The second-order valence-electron chi connectivity index (χ2n) is 6.43. The molecule has 10 heteroatoms. The molecule has 0 fully saturated rings. The van der Waals surface area contributed by atoms with Crippen molar-refractivity contribution < 1.29 is 8.91 Å². The topological polar surface area (TPSA) is 73.8 Å². The summed E-state index contributed by atoms with van der Waals surface area (Å²) < 4.78 is 20.4. The molecular formula is C21H12ClFN4O2S2. The zero-order valence-corrected chi connectivity index (χ0v) is 18.0. The average Bonchev–Trinajstić information content (AvgIpc) is 3.46. The molecule has 0 saturated carbocycles. The van der Waals surface area contributed by atoms with Crippen LogP contribution in [0.25, 0.3) is 27.4 Å². The van der Waals surface area contributed by atoms with Crippen LogP contribution in [0.3, 0.4) is 0 Å². The summed E-state index contributed by atoms with van der Waals surface area (Å²) in [6.45, 7) is 0. The van der Waals surface area contributed by atoms with Crippen molar-refractivity contribution in [2.24, 2.45) is 0 Å². The molecule has 0 bridgehead atoms. The summed E-state index contributed by atoms with van der Waals surface area (Å²) in [5.41, 5.74) is 0.708. The second kappa shape index (κ2) is 8.26. The van der Waals surface area contributed by atoms with Gasteiger partial charge in [-0.05, 0) is 41.8 Å². The summed E-state index contributed by atoms with van der Waals surface area (Å²) in [4.78, 5) is 23.2. The largest absolute Gasteiger partial charge is 0.333 e. The van der Waals surface area contributed by atoms with Gasteiger partial charge >= 0.3 is 0 Å². The number of thiophene rings is 1. The highest BCUT2D eigenvalue weighted by atomic mass is 35.5. The van der Waals surface area contributed by atoms with Crippen LogP contribution < -0.4 is 5.56 Å². The van der Waals surface area contributed by atoms with Crippen LogP contribution in [0.1, 0.15) is 5.82 Å². The first-order chi connectivity index (χ1) is 15.1. The predicted molar refractivity (Wildman–Crippen MR) is 119 cm³/mol. The van der Waals surface area contributed by atoms with E-state index in [1.807, 2.05) is 23.6 Å². The zero-order chi connectivity index (χ0) is 21.4. The van der Waals surface area contributed by atoms with Crippen LogP contribution in [0.4, 0.5) is 4.39 Å². The van der Waals surface area contributed by atoms with Crippen LogP contribution in [0, 0.1) is 5.82 Å². The van der Waals surface area contributed by atoms with Gasteiger partial charge in [-0.2, -0.15) is 4.98 Å². The van der Waals surface area contributed by atoms with Crippen LogP contribution in [0.5, 0.6) is 0 Å². The molecule has 0 N–H and O–H groups in total. The molecule has 0 aliphatic carbocycles. The van der Waals surface area contributed by atoms with Gasteiger partial charge in [0.05, 0.1) is 32.2 Å². The van der Waals surface area contributed by atoms with Gasteiger partial charge in [-0.15, -0.1) is 11.3 Å². The van der Waals surface area contributed by atoms with Crippen molar-refractivity contribution in [1.82, 2.24) is 19.7 Å². The Bertz CT molecular complexity index is 1450. The lowest BCUT2D eigenvalue weighted by Crippen LogP contribution is -2.21. The summed E-state index contributed by atoms with van der Waals surface area (Å²) in [6.07, 6.45) is 0. The average molecular weight is 471 g/mol. The van der Waals surface area contributed by atoms with E-state index in [1.165, 1.54) is 45.9 Å². The number of hydrogen-bond donors (Lipinski definition) is 0. The lowest BCUT2D eigenvalue weighted by molar-refractivity contribution is 0.426. The first kappa shape index (κ1) is 19.9. The van der Waals surface area contributed by atoms with Crippen LogP contribution in [-0.4, -0.2) is 19.7 Å². The van der Waals surface area contributed by atoms with Gasteiger partial charge in [0.15, 0.2) is 11.0 Å². The number of para-hydroxylation sites is 1. The molecule has 3 aromatic heterocycles. The Morgan fingerprint density at radius 2 is 2.00 bits per heavy atom. The Balaban J connectivity index is 1.55. The van der Waals surface area contributed by atoms with E-state index in [1.54, 1.807) is 18.2 Å². The fraction of sp³-hybridized carbons (Fsp3) is 0.0476. The number of benzene rings is 2. The highest BCUT2D eigenvalue weighted by Crippen LogP contribution is 2.27. The van der Waals surface area contributed by atoms with Crippen molar-refractivity contribution in [3.05, 3.63) is 87.0 Å². The van der Waals surface area contributed by atoms with E-state index < -0.39 is 5.82 Å². The molecule has 31 heavy (non-hydrogen) atoms.